The molecule has 0 amide bonds. The van der Waals surface area contributed by atoms with Gasteiger partial charge in [0, 0.05) is 5.41 Å². The summed E-state index contributed by atoms with van der Waals surface area (Å²) in [7, 11) is 0. The van der Waals surface area contributed by atoms with E-state index in [1.54, 1.807) is 6.08 Å². The molecule has 0 saturated heterocycles. The van der Waals surface area contributed by atoms with Crippen molar-refractivity contribution in [3.8, 4) is 0 Å². The molecule has 0 atom stereocenters. The molecule has 0 radical (unpaired) electrons. The maximum atomic E-state index is 11.6. The molecule has 1 aliphatic rings. The van der Waals surface area contributed by atoms with Crippen LogP contribution in [0.4, 0.5) is 0 Å². The second kappa shape index (κ2) is 6.03. The van der Waals surface area contributed by atoms with E-state index >= 15 is 0 Å². The Morgan fingerprint density at radius 1 is 1.06 bits per heavy atom. The lowest BCUT2D eigenvalue weighted by Crippen LogP contribution is -2.17. The first kappa shape index (κ1) is 13.2. The van der Waals surface area contributed by atoms with Crippen LogP contribution in [-0.4, -0.2) is 5.78 Å². The number of carbonyl (C=O) groups excluding carboxylic acids is 1. The Kier molecular flexibility index (Phi) is 4.98. The number of carbonyl (C=O) groups is 1. The lowest BCUT2D eigenvalue weighted by molar-refractivity contribution is -0.121. The average Bonchev–Trinajstić information content (AvgIpc) is 2.24. The maximum absolute atomic E-state index is 11.6. The number of ketones is 1. The standard InChI is InChI=1S/C15H24O/c1-15(2,3)14(16)12-8-7-11-13-9-5-4-6-10-13/h7-8,11-13H,4-6,9-10H2,1-3H3/b11-7+,12-8+. The third-order valence-electron chi connectivity index (χ3n) is 3.13. The normalized spacial score (nSPS) is 19.7. The van der Waals surface area contributed by atoms with Gasteiger partial charge in [-0.2, -0.15) is 0 Å². The van der Waals surface area contributed by atoms with Crippen LogP contribution in [0.5, 0.6) is 0 Å². The van der Waals surface area contributed by atoms with Gasteiger partial charge in [-0.25, -0.2) is 0 Å². The van der Waals surface area contributed by atoms with Crippen molar-refractivity contribution in [3.63, 3.8) is 0 Å². The second-order valence-electron chi connectivity index (χ2n) is 5.76. The molecular formula is C15H24O. The molecule has 0 aromatic heterocycles. The molecule has 0 N–H and O–H groups in total. The van der Waals surface area contributed by atoms with Crippen molar-refractivity contribution in [2.24, 2.45) is 11.3 Å². The molecule has 90 valence electrons. The highest BCUT2D eigenvalue weighted by atomic mass is 16.1. The molecule has 1 rings (SSSR count). The summed E-state index contributed by atoms with van der Waals surface area (Å²) >= 11 is 0. The highest BCUT2D eigenvalue weighted by Crippen LogP contribution is 2.24. The summed E-state index contributed by atoms with van der Waals surface area (Å²) in [5.41, 5.74) is -0.255. The van der Waals surface area contributed by atoms with Gasteiger partial charge in [0.15, 0.2) is 5.78 Å². The minimum absolute atomic E-state index is 0.195. The first-order chi connectivity index (χ1) is 7.50. The summed E-state index contributed by atoms with van der Waals surface area (Å²) in [6, 6.07) is 0. The molecule has 0 aromatic rings. The summed E-state index contributed by atoms with van der Waals surface area (Å²) in [6.07, 6.45) is 14.6. The van der Waals surface area contributed by atoms with E-state index in [2.05, 4.69) is 6.08 Å². The maximum Gasteiger partial charge on any atom is 0.160 e. The lowest BCUT2D eigenvalue weighted by Gasteiger charge is -2.17. The van der Waals surface area contributed by atoms with Crippen molar-refractivity contribution in [3.05, 3.63) is 24.3 Å². The molecule has 1 saturated carbocycles. The smallest absolute Gasteiger partial charge is 0.160 e. The molecule has 1 fully saturated rings. The summed E-state index contributed by atoms with van der Waals surface area (Å²) in [6.45, 7) is 5.85. The third-order valence-corrected chi connectivity index (χ3v) is 3.13. The van der Waals surface area contributed by atoms with E-state index in [1.807, 2.05) is 32.9 Å². The Labute approximate surface area is 99.6 Å². The van der Waals surface area contributed by atoms with Gasteiger partial charge in [-0.05, 0) is 24.8 Å². The first-order valence-electron chi connectivity index (χ1n) is 6.39. The number of hydrogen-bond donors (Lipinski definition) is 0. The monoisotopic (exact) mass is 220 g/mol. The van der Waals surface area contributed by atoms with Gasteiger partial charge in [-0.1, -0.05) is 58.3 Å². The molecule has 16 heavy (non-hydrogen) atoms. The van der Waals surface area contributed by atoms with Gasteiger partial charge in [-0.15, -0.1) is 0 Å². The highest BCUT2D eigenvalue weighted by molar-refractivity contribution is 5.94. The SMILES string of the molecule is CC(C)(C)C(=O)/C=C/C=C/C1CCCCC1. The van der Waals surface area contributed by atoms with E-state index in [4.69, 9.17) is 0 Å². The zero-order valence-electron chi connectivity index (χ0n) is 10.8. The molecule has 0 unspecified atom stereocenters. The Balaban J connectivity index is 2.35. The van der Waals surface area contributed by atoms with Gasteiger partial charge >= 0.3 is 0 Å². The molecule has 0 heterocycles. The number of allylic oxidation sites excluding steroid dienone is 4. The fourth-order valence-corrected chi connectivity index (χ4v) is 1.94. The summed E-state index contributed by atoms with van der Waals surface area (Å²) < 4.78 is 0. The van der Waals surface area contributed by atoms with Gasteiger partial charge in [0.1, 0.15) is 0 Å². The van der Waals surface area contributed by atoms with Crippen LogP contribution < -0.4 is 0 Å². The first-order valence-corrected chi connectivity index (χ1v) is 6.39. The van der Waals surface area contributed by atoms with Gasteiger partial charge in [-0.3, -0.25) is 4.79 Å². The molecule has 0 aliphatic heterocycles. The van der Waals surface area contributed by atoms with Crippen molar-refractivity contribution in [1.29, 1.82) is 0 Å². The number of rotatable bonds is 3. The minimum atomic E-state index is -0.255. The van der Waals surface area contributed by atoms with E-state index in [-0.39, 0.29) is 11.2 Å². The van der Waals surface area contributed by atoms with Crippen LogP contribution in [0.15, 0.2) is 24.3 Å². The summed E-state index contributed by atoms with van der Waals surface area (Å²) in [5.74, 6) is 0.934. The summed E-state index contributed by atoms with van der Waals surface area (Å²) in [4.78, 5) is 11.6. The lowest BCUT2D eigenvalue weighted by atomic mass is 9.89. The van der Waals surface area contributed by atoms with Crippen LogP contribution in [0.25, 0.3) is 0 Å². The van der Waals surface area contributed by atoms with Crippen LogP contribution in [0, 0.1) is 11.3 Å². The van der Waals surface area contributed by atoms with E-state index < -0.39 is 0 Å². The van der Waals surface area contributed by atoms with Crippen molar-refractivity contribution in [2.75, 3.05) is 0 Å². The van der Waals surface area contributed by atoms with Crippen molar-refractivity contribution in [1.82, 2.24) is 0 Å². The topological polar surface area (TPSA) is 17.1 Å². The fourth-order valence-electron chi connectivity index (χ4n) is 1.94. The average molecular weight is 220 g/mol. The van der Waals surface area contributed by atoms with Crippen LogP contribution in [0.2, 0.25) is 0 Å². The van der Waals surface area contributed by atoms with E-state index in [9.17, 15) is 4.79 Å². The van der Waals surface area contributed by atoms with E-state index in [0.29, 0.717) is 0 Å². The van der Waals surface area contributed by atoms with Crippen molar-refractivity contribution in [2.45, 2.75) is 52.9 Å². The second-order valence-corrected chi connectivity index (χ2v) is 5.76. The molecule has 1 aliphatic carbocycles. The third kappa shape index (κ3) is 4.78. The van der Waals surface area contributed by atoms with Crippen molar-refractivity contribution < 1.29 is 4.79 Å². The molecule has 0 bridgehead atoms. The largest absolute Gasteiger partial charge is 0.294 e. The van der Waals surface area contributed by atoms with Gasteiger partial charge < -0.3 is 0 Å². The molecular weight excluding hydrogens is 196 g/mol. The van der Waals surface area contributed by atoms with Crippen LogP contribution in [-0.2, 0) is 4.79 Å². The quantitative estimate of drug-likeness (QED) is 0.512. The highest BCUT2D eigenvalue weighted by Gasteiger charge is 2.17. The molecule has 0 spiro atoms. The molecule has 1 heteroatoms. The number of hydrogen-bond acceptors (Lipinski definition) is 1. The van der Waals surface area contributed by atoms with E-state index in [0.717, 1.165) is 5.92 Å². The van der Waals surface area contributed by atoms with Gasteiger partial charge in [0.2, 0.25) is 0 Å². The Morgan fingerprint density at radius 3 is 2.25 bits per heavy atom. The Morgan fingerprint density at radius 2 is 1.69 bits per heavy atom. The Bertz CT molecular complexity index is 272. The minimum Gasteiger partial charge on any atom is -0.294 e. The molecule has 0 aromatic carbocycles. The van der Waals surface area contributed by atoms with Crippen LogP contribution in [0.3, 0.4) is 0 Å². The zero-order chi connectivity index (χ0) is 12.0. The van der Waals surface area contributed by atoms with E-state index in [1.165, 1.54) is 32.1 Å². The van der Waals surface area contributed by atoms with Gasteiger partial charge in [0.25, 0.3) is 0 Å². The zero-order valence-corrected chi connectivity index (χ0v) is 10.8. The van der Waals surface area contributed by atoms with Crippen LogP contribution in [0.1, 0.15) is 52.9 Å². The van der Waals surface area contributed by atoms with Crippen molar-refractivity contribution >= 4 is 5.78 Å². The molecule has 1 nitrogen and oxygen atoms in total. The fraction of sp³-hybridized carbons (Fsp3) is 0.667. The van der Waals surface area contributed by atoms with Gasteiger partial charge in [0.05, 0.1) is 0 Å². The summed E-state index contributed by atoms with van der Waals surface area (Å²) in [5, 5.41) is 0. The Hall–Kier alpha value is -0.850. The van der Waals surface area contributed by atoms with Crippen LogP contribution >= 0.6 is 0 Å². The predicted molar refractivity (Wildman–Crippen MR) is 69.3 cm³/mol. The predicted octanol–water partition coefficient (Wildman–Crippen LogP) is 4.29.